The van der Waals surface area contributed by atoms with Crippen molar-refractivity contribution in [2.45, 2.75) is 19.4 Å². The molecule has 1 unspecified atom stereocenters. The van der Waals surface area contributed by atoms with Gasteiger partial charge in [-0.3, -0.25) is 19.4 Å². The smallest absolute Gasteiger partial charge is 0.251 e. The normalized spacial score (nSPS) is 23.7. The van der Waals surface area contributed by atoms with Gasteiger partial charge in [0.15, 0.2) is 0 Å². The average Bonchev–Trinajstić information content (AvgIpc) is 2.83. The molecular weight excluding hydrogens is 294 g/mol. The average molecular weight is 317 g/mol. The van der Waals surface area contributed by atoms with Crippen molar-refractivity contribution in [3.63, 3.8) is 0 Å². The molecule has 23 heavy (non-hydrogen) atoms. The summed E-state index contributed by atoms with van der Waals surface area (Å²) < 4.78 is 0. The van der Waals surface area contributed by atoms with Crippen molar-refractivity contribution in [1.29, 1.82) is 0 Å². The van der Waals surface area contributed by atoms with Crippen LogP contribution in [0.5, 0.6) is 0 Å². The SMILES string of the molecule is Cc1cccc(N2C(=O)CC(N3CCN(CCO)CC3)C2=O)c1. The molecular formula is C17H23N3O3. The van der Waals surface area contributed by atoms with Gasteiger partial charge in [-0.25, -0.2) is 4.90 Å². The maximum atomic E-state index is 12.7. The standard InChI is InChI=1S/C17H23N3O3/c1-13-3-2-4-14(11-13)20-16(22)12-15(17(20)23)19-7-5-18(6-8-19)9-10-21/h2-4,11,15,21H,5-10,12H2,1H3. The van der Waals surface area contributed by atoms with Gasteiger partial charge in [-0.15, -0.1) is 0 Å². The Morgan fingerprint density at radius 2 is 1.91 bits per heavy atom. The highest BCUT2D eigenvalue weighted by molar-refractivity contribution is 6.22. The Labute approximate surface area is 136 Å². The van der Waals surface area contributed by atoms with E-state index >= 15 is 0 Å². The number of imide groups is 1. The zero-order chi connectivity index (χ0) is 16.4. The minimum atomic E-state index is -0.348. The maximum absolute atomic E-state index is 12.7. The van der Waals surface area contributed by atoms with Crippen molar-refractivity contribution in [1.82, 2.24) is 9.80 Å². The number of amides is 2. The van der Waals surface area contributed by atoms with Gasteiger partial charge >= 0.3 is 0 Å². The Hall–Kier alpha value is -1.76. The number of aliphatic hydroxyl groups excluding tert-OH is 1. The third-order valence-corrected chi connectivity index (χ3v) is 4.65. The van der Waals surface area contributed by atoms with E-state index in [1.807, 2.05) is 31.2 Å². The molecule has 3 rings (SSSR count). The fourth-order valence-electron chi connectivity index (χ4n) is 3.38. The number of aryl methyl sites for hydroxylation is 1. The van der Waals surface area contributed by atoms with Gasteiger partial charge in [0.05, 0.1) is 24.8 Å². The summed E-state index contributed by atoms with van der Waals surface area (Å²) >= 11 is 0. The van der Waals surface area contributed by atoms with E-state index in [9.17, 15) is 9.59 Å². The largest absolute Gasteiger partial charge is 0.395 e. The van der Waals surface area contributed by atoms with Crippen molar-refractivity contribution < 1.29 is 14.7 Å². The molecule has 0 spiro atoms. The number of hydrogen-bond acceptors (Lipinski definition) is 5. The molecule has 0 radical (unpaired) electrons. The third-order valence-electron chi connectivity index (χ3n) is 4.65. The van der Waals surface area contributed by atoms with Crippen LogP contribution in [0, 0.1) is 6.92 Å². The number of rotatable bonds is 4. The number of hydrogen-bond donors (Lipinski definition) is 1. The first-order chi connectivity index (χ1) is 11.1. The summed E-state index contributed by atoms with van der Waals surface area (Å²) in [7, 11) is 0. The summed E-state index contributed by atoms with van der Waals surface area (Å²) in [6, 6.07) is 7.15. The van der Waals surface area contributed by atoms with Crippen LogP contribution in [-0.4, -0.2) is 72.1 Å². The summed E-state index contributed by atoms with van der Waals surface area (Å²) in [6.07, 6.45) is 0.257. The number of β-amino-alcohol motifs (C(OH)–C–C–N with tert-alkyl or cyclic N) is 1. The van der Waals surface area contributed by atoms with Crippen molar-refractivity contribution in [2.24, 2.45) is 0 Å². The van der Waals surface area contributed by atoms with E-state index in [0.29, 0.717) is 12.2 Å². The number of carbonyl (C=O) groups excluding carboxylic acids is 2. The van der Waals surface area contributed by atoms with E-state index in [-0.39, 0.29) is 30.9 Å². The van der Waals surface area contributed by atoms with E-state index in [1.54, 1.807) is 0 Å². The van der Waals surface area contributed by atoms with Crippen LogP contribution in [0.25, 0.3) is 0 Å². The topological polar surface area (TPSA) is 64.1 Å². The lowest BCUT2D eigenvalue weighted by atomic mass is 10.1. The van der Waals surface area contributed by atoms with Crippen molar-refractivity contribution in [3.05, 3.63) is 29.8 Å². The van der Waals surface area contributed by atoms with E-state index in [4.69, 9.17) is 5.11 Å². The molecule has 0 aliphatic carbocycles. The fourth-order valence-corrected chi connectivity index (χ4v) is 3.38. The predicted molar refractivity (Wildman–Crippen MR) is 87.2 cm³/mol. The Morgan fingerprint density at radius 1 is 1.17 bits per heavy atom. The predicted octanol–water partition coefficient (Wildman–Crippen LogP) is 0.237. The van der Waals surface area contributed by atoms with Gasteiger partial charge in [-0.1, -0.05) is 12.1 Å². The molecule has 2 fully saturated rings. The molecule has 124 valence electrons. The van der Waals surface area contributed by atoms with Crippen LogP contribution in [0.2, 0.25) is 0 Å². The van der Waals surface area contributed by atoms with Gasteiger partial charge in [0.1, 0.15) is 0 Å². The van der Waals surface area contributed by atoms with E-state index in [1.165, 1.54) is 4.90 Å². The number of carbonyl (C=O) groups is 2. The van der Waals surface area contributed by atoms with E-state index in [2.05, 4.69) is 9.80 Å². The maximum Gasteiger partial charge on any atom is 0.251 e. The monoisotopic (exact) mass is 317 g/mol. The molecule has 0 aromatic heterocycles. The number of piperazine rings is 1. The van der Waals surface area contributed by atoms with Gasteiger partial charge in [0, 0.05) is 32.7 Å². The first-order valence-electron chi connectivity index (χ1n) is 8.11. The molecule has 0 bridgehead atoms. The Kier molecular flexibility index (Phi) is 4.75. The van der Waals surface area contributed by atoms with Crippen LogP contribution in [0.1, 0.15) is 12.0 Å². The van der Waals surface area contributed by atoms with E-state index < -0.39 is 0 Å². The molecule has 2 amide bonds. The molecule has 6 heteroatoms. The molecule has 6 nitrogen and oxygen atoms in total. The zero-order valence-electron chi connectivity index (χ0n) is 13.4. The Morgan fingerprint density at radius 3 is 2.57 bits per heavy atom. The van der Waals surface area contributed by atoms with E-state index in [0.717, 1.165) is 31.7 Å². The van der Waals surface area contributed by atoms with Gasteiger partial charge in [-0.05, 0) is 24.6 Å². The quantitative estimate of drug-likeness (QED) is 0.806. The van der Waals surface area contributed by atoms with Crippen LogP contribution in [0.15, 0.2) is 24.3 Å². The molecule has 2 aliphatic rings. The highest BCUT2D eigenvalue weighted by Gasteiger charge is 2.43. The highest BCUT2D eigenvalue weighted by atomic mass is 16.3. The molecule has 1 aromatic carbocycles. The lowest BCUT2D eigenvalue weighted by molar-refractivity contribution is -0.123. The summed E-state index contributed by atoms with van der Waals surface area (Å²) in [5, 5.41) is 9.00. The third kappa shape index (κ3) is 3.29. The number of nitrogens with zero attached hydrogens (tertiary/aromatic N) is 3. The fraction of sp³-hybridized carbons (Fsp3) is 0.529. The Balaban J connectivity index is 1.70. The van der Waals surface area contributed by atoms with Crippen LogP contribution < -0.4 is 4.90 Å². The van der Waals surface area contributed by atoms with Crippen LogP contribution in [0.3, 0.4) is 0 Å². The van der Waals surface area contributed by atoms with Crippen LogP contribution >= 0.6 is 0 Å². The van der Waals surface area contributed by atoms with Gasteiger partial charge < -0.3 is 5.11 Å². The summed E-state index contributed by atoms with van der Waals surface area (Å²) in [5.41, 5.74) is 1.70. The second-order valence-electron chi connectivity index (χ2n) is 6.23. The van der Waals surface area contributed by atoms with Crippen LogP contribution in [-0.2, 0) is 9.59 Å². The molecule has 1 atom stereocenters. The molecule has 1 aromatic rings. The second kappa shape index (κ2) is 6.78. The van der Waals surface area contributed by atoms with Crippen LogP contribution in [0.4, 0.5) is 5.69 Å². The highest BCUT2D eigenvalue weighted by Crippen LogP contribution is 2.26. The Bertz CT molecular complexity index is 597. The lowest BCUT2D eigenvalue weighted by Crippen LogP contribution is -2.52. The van der Waals surface area contributed by atoms with Crippen molar-refractivity contribution in [3.8, 4) is 0 Å². The summed E-state index contributed by atoms with van der Waals surface area (Å²) in [4.78, 5) is 30.7. The minimum absolute atomic E-state index is 0.115. The lowest BCUT2D eigenvalue weighted by Gasteiger charge is -2.36. The van der Waals surface area contributed by atoms with Gasteiger partial charge in [0.2, 0.25) is 5.91 Å². The number of benzene rings is 1. The number of anilines is 1. The van der Waals surface area contributed by atoms with Crippen molar-refractivity contribution in [2.75, 3.05) is 44.2 Å². The molecule has 2 saturated heterocycles. The van der Waals surface area contributed by atoms with Crippen molar-refractivity contribution >= 4 is 17.5 Å². The summed E-state index contributed by atoms with van der Waals surface area (Å²) in [6.45, 7) is 5.93. The first-order valence-corrected chi connectivity index (χ1v) is 8.11. The molecule has 2 aliphatic heterocycles. The first kappa shape index (κ1) is 16.1. The molecule has 1 N–H and O–H groups in total. The zero-order valence-corrected chi connectivity index (χ0v) is 13.4. The minimum Gasteiger partial charge on any atom is -0.395 e. The molecule has 2 heterocycles. The van der Waals surface area contributed by atoms with Gasteiger partial charge in [0.25, 0.3) is 5.91 Å². The van der Waals surface area contributed by atoms with Gasteiger partial charge in [-0.2, -0.15) is 0 Å². The number of aliphatic hydroxyl groups is 1. The second-order valence-corrected chi connectivity index (χ2v) is 6.23. The molecule has 0 saturated carbocycles. The summed E-state index contributed by atoms with van der Waals surface area (Å²) in [5.74, 6) is -0.236.